The number of amides is 2. The Morgan fingerprint density at radius 3 is 2.80 bits per heavy atom. The normalized spacial score (nSPS) is 16.4. The number of hydrogen-bond donors (Lipinski definition) is 3. The second kappa shape index (κ2) is 6.41. The number of carbonyl (C=O) groups is 2. The van der Waals surface area contributed by atoms with Gasteiger partial charge in [0.05, 0.1) is 12.5 Å². The summed E-state index contributed by atoms with van der Waals surface area (Å²) in [5, 5.41) is 8.67. The maximum atomic E-state index is 12.1. The number of rotatable bonds is 5. The van der Waals surface area contributed by atoms with Crippen molar-refractivity contribution < 1.29 is 9.59 Å². The second-order valence-corrected chi connectivity index (χ2v) is 5.44. The minimum Gasteiger partial charge on any atom is -0.384 e. The van der Waals surface area contributed by atoms with Crippen LogP contribution in [0.4, 0.5) is 5.69 Å². The maximum Gasteiger partial charge on any atom is 0.239 e. The summed E-state index contributed by atoms with van der Waals surface area (Å²) >= 11 is 0. The maximum absolute atomic E-state index is 12.1. The zero-order valence-electron chi connectivity index (χ0n) is 11.9. The molecule has 1 aromatic carbocycles. The van der Waals surface area contributed by atoms with Crippen LogP contribution < -0.4 is 16.0 Å². The molecule has 108 valence electrons. The van der Waals surface area contributed by atoms with Gasteiger partial charge in [-0.25, -0.2) is 0 Å². The first-order chi connectivity index (χ1) is 9.58. The molecule has 0 saturated heterocycles. The molecule has 2 rings (SSSR count). The van der Waals surface area contributed by atoms with Crippen molar-refractivity contribution in [2.45, 2.75) is 19.8 Å². The van der Waals surface area contributed by atoms with Crippen molar-refractivity contribution in [3.8, 4) is 0 Å². The molecule has 5 nitrogen and oxygen atoms in total. The molecule has 2 amide bonds. The number of hydrogen-bond acceptors (Lipinski definition) is 3. The summed E-state index contributed by atoms with van der Waals surface area (Å²) in [6, 6.07) is 7.75. The molecule has 1 heterocycles. The van der Waals surface area contributed by atoms with Crippen LogP contribution >= 0.6 is 0 Å². The van der Waals surface area contributed by atoms with E-state index in [1.165, 1.54) is 0 Å². The molecule has 1 aliphatic rings. The van der Waals surface area contributed by atoms with Crippen LogP contribution in [0.1, 0.15) is 25.3 Å². The highest BCUT2D eigenvalue weighted by molar-refractivity contribution is 5.91. The minimum atomic E-state index is -0.218. The van der Waals surface area contributed by atoms with Gasteiger partial charge in [-0.3, -0.25) is 9.59 Å². The van der Waals surface area contributed by atoms with Crippen LogP contribution in [0, 0.1) is 5.92 Å². The van der Waals surface area contributed by atoms with E-state index in [4.69, 9.17) is 0 Å². The van der Waals surface area contributed by atoms with Crippen molar-refractivity contribution >= 4 is 17.5 Å². The summed E-state index contributed by atoms with van der Waals surface area (Å²) < 4.78 is 0. The van der Waals surface area contributed by atoms with Crippen LogP contribution in [0.15, 0.2) is 24.3 Å². The Labute approximate surface area is 119 Å². The SMILES string of the molecule is CC(C)CNC(=O)CNC(=O)C1CNc2ccccc21. The molecule has 20 heavy (non-hydrogen) atoms. The lowest BCUT2D eigenvalue weighted by molar-refractivity contribution is -0.126. The van der Waals surface area contributed by atoms with Gasteiger partial charge in [-0.1, -0.05) is 32.0 Å². The van der Waals surface area contributed by atoms with Crippen molar-refractivity contribution in [2.75, 3.05) is 25.0 Å². The molecule has 3 N–H and O–H groups in total. The third-order valence-corrected chi connectivity index (χ3v) is 3.28. The first-order valence-electron chi connectivity index (χ1n) is 6.95. The third-order valence-electron chi connectivity index (χ3n) is 3.28. The lowest BCUT2D eigenvalue weighted by Crippen LogP contribution is -2.40. The average Bonchev–Trinajstić information content (AvgIpc) is 2.86. The smallest absolute Gasteiger partial charge is 0.239 e. The van der Waals surface area contributed by atoms with Gasteiger partial charge >= 0.3 is 0 Å². The monoisotopic (exact) mass is 275 g/mol. The molecule has 5 heteroatoms. The van der Waals surface area contributed by atoms with Gasteiger partial charge in [0.1, 0.15) is 0 Å². The lowest BCUT2D eigenvalue weighted by Gasteiger charge is -2.12. The third kappa shape index (κ3) is 3.50. The molecule has 0 aliphatic carbocycles. The molecule has 0 spiro atoms. The highest BCUT2D eigenvalue weighted by atomic mass is 16.2. The Kier molecular flexibility index (Phi) is 4.61. The molecule has 0 saturated carbocycles. The molecule has 1 unspecified atom stereocenters. The Morgan fingerprint density at radius 1 is 1.30 bits per heavy atom. The number of para-hydroxylation sites is 1. The Hall–Kier alpha value is -2.04. The summed E-state index contributed by atoms with van der Waals surface area (Å²) in [4.78, 5) is 23.7. The zero-order chi connectivity index (χ0) is 14.5. The molecule has 1 atom stereocenters. The molecular formula is C15H21N3O2. The standard InChI is InChI=1S/C15H21N3O2/c1-10(2)7-17-14(19)9-18-15(20)12-8-16-13-6-4-3-5-11(12)13/h3-6,10,12,16H,7-9H2,1-2H3,(H,17,19)(H,18,20). The quantitative estimate of drug-likeness (QED) is 0.753. The van der Waals surface area contributed by atoms with Gasteiger partial charge in [-0.2, -0.15) is 0 Å². The Morgan fingerprint density at radius 2 is 2.05 bits per heavy atom. The highest BCUT2D eigenvalue weighted by Gasteiger charge is 2.28. The predicted octanol–water partition coefficient (Wildman–Crippen LogP) is 1.08. The van der Waals surface area contributed by atoms with Gasteiger partial charge in [0.25, 0.3) is 0 Å². The fourth-order valence-corrected chi connectivity index (χ4v) is 2.19. The van der Waals surface area contributed by atoms with Gasteiger partial charge in [0.15, 0.2) is 0 Å². The molecule has 0 fully saturated rings. The first kappa shape index (κ1) is 14.4. The summed E-state index contributed by atoms with van der Waals surface area (Å²) in [5.41, 5.74) is 1.99. The summed E-state index contributed by atoms with van der Waals surface area (Å²) in [6.07, 6.45) is 0. The molecule has 1 aromatic rings. The number of carbonyl (C=O) groups excluding carboxylic acids is 2. The molecular weight excluding hydrogens is 254 g/mol. The van der Waals surface area contributed by atoms with Gasteiger partial charge in [-0.05, 0) is 17.5 Å². The fourth-order valence-electron chi connectivity index (χ4n) is 2.19. The van der Waals surface area contributed by atoms with Crippen molar-refractivity contribution in [3.63, 3.8) is 0 Å². The van der Waals surface area contributed by atoms with Gasteiger partial charge in [-0.15, -0.1) is 0 Å². The van der Waals surface area contributed by atoms with Crippen LogP contribution in [-0.2, 0) is 9.59 Å². The number of fused-ring (bicyclic) bond motifs is 1. The molecule has 0 aromatic heterocycles. The second-order valence-electron chi connectivity index (χ2n) is 5.44. The van der Waals surface area contributed by atoms with E-state index in [2.05, 4.69) is 16.0 Å². The van der Waals surface area contributed by atoms with Crippen molar-refractivity contribution in [2.24, 2.45) is 5.92 Å². The number of nitrogens with one attached hydrogen (secondary N) is 3. The van der Waals surface area contributed by atoms with Crippen LogP contribution in [0.2, 0.25) is 0 Å². The first-order valence-corrected chi connectivity index (χ1v) is 6.95. The number of anilines is 1. The van der Waals surface area contributed by atoms with Gasteiger partial charge in [0.2, 0.25) is 11.8 Å². The molecule has 1 aliphatic heterocycles. The van der Waals surface area contributed by atoms with E-state index >= 15 is 0 Å². The van der Waals surface area contributed by atoms with Gasteiger partial charge < -0.3 is 16.0 Å². The van der Waals surface area contributed by atoms with Crippen LogP contribution in [0.3, 0.4) is 0 Å². The average molecular weight is 275 g/mol. The van der Waals surface area contributed by atoms with E-state index < -0.39 is 0 Å². The van der Waals surface area contributed by atoms with Crippen LogP contribution in [0.25, 0.3) is 0 Å². The van der Waals surface area contributed by atoms with E-state index in [1.54, 1.807) is 0 Å². The Bertz CT molecular complexity index is 500. The van der Waals surface area contributed by atoms with E-state index in [1.807, 2.05) is 38.1 Å². The summed E-state index contributed by atoms with van der Waals surface area (Å²) in [7, 11) is 0. The summed E-state index contributed by atoms with van der Waals surface area (Å²) in [6.45, 7) is 5.30. The van der Waals surface area contributed by atoms with Crippen molar-refractivity contribution in [1.29, 1.82) is 0 Å². The number of benzene rings is 1. The van der Waals surface area contributed by atoms with Crippen molar-refractivity contribution in [1.82, 2.24) is 10.6 Å². The molecule has 0 bridgehead atoms. The van der Waals surface area contributed by atoms with E-state index in [0.717, 1.165) is 11.3 Å². The van der Waals surface area contributed by atoms with Crippen molar-refractivity contribution in [3.05, 3.63) is 29.8 Å². The Balaban J connectivity index is 1.83. The highest BCUT2D eigenvalue weighted by Crippen LogP contribution is 2.30. The topological polar surface area (TPSA) is 70.2 Å². The lowest BCUT2D eigenvalue weighted by atomic mass is 10.0. The van der Waals surface area contributed by atoms with E-state index in [-0.39, 0.29) is 24.3 Å². The fraction of sp³-hybridized carbons (Fsp3) is 0.467. The van der Waals surface area contributed by atoms with Crippen LogP contribution in [-0.4, -0.2) is 31.4 Å². The predicted molar refractivity (Wildman–Crippen MR) is 78.5 cm³/mol. The van der Waals surface area contributed by atoms with Gasteiger partial charge in [0, 0.05) is 18.8 Å². The zero-order valence-corrected chi connectivity index (χ0v) is 11.9. The van der Waals surface area contributed by atoms with Crippen LogP contribution in [0.5, 0.6) is 0 Å². The molecule has 0 radical (unpaired) electrons. The van der Waals surface area contributed by atoms with E-state index in [0.29, 0.717) is 19.0 Å². The largest absolute Gasteiger partial charge is 0.384 e. The van der Waals surface area contributed by atoms with E-state index in [9.17, 15) is 9.59 Å². The minimum absolute atomic E-state index is 0.0320. The summed E-state index contributed by atoms with van der Waals surface area (Å²) in [5.74, 6) is -0.0712.